The second-order valence-electron chi connectivity index (χ2n) is 5.30. The first-order valence-corrected chi connectivity index (χ1v) is 7.18. The summed E-state index contributed by atoms with van der Waals surface area (Å²) in [6.07, 6.45) is -0.303. The Labute approximate surface area is 122 Å². The molecule has 1 unspecified atom stereocenters. The largest absolute Gasteiger partial charge is 0.389 e. The van der Waals surface area contributed by atoms with Gasteiger partial charge in [-0.25, -0.2) is 0 Å². The lowest BCUT2D eigenvalue weighted by Crippen LogP contribution is -2.26. The molecule has 114 valence electrons. The zero-order valence-electron chi connectivity index (χ0n) is 13.0. The third-order valence-corrected chi connectivity index (χ3v) is 2.98. The van der Waals surface area contributed by atoms with Crippen molar-refractivity contribution in [2.75, 3.05) is 31.7 Å². The van der Waals surface area contributed by atoms with Gasteiger partial charge >= 0.3 is 0 Å². The van der Waals surface area contributed by atoms with E-state index in [0.29, 0.717) is 26.4 Å². The molecule has 0 aliphatic carbocycles. The summed E-state index contributed by atoms with van der Waals surface area (Å²) >= 11 is 0. The van der Waals surface area contributed by atoms with Gasteiger partial charge in [-0.15, -0.1) is 0 Å². The molecule has 0 heterocycles. The highest BCUT2D eigenvalue weighted by Crippen LogP contribution is 2.19. The van der Waals surface area contributed by atoms with E-state index in [9.17, 15) is 5.11 Å². The van der Waals surface area contributed by atoms with Crippen molar-refractivity contribution in [3.05, 3.63) is 29.3 Å². The molecule has 0 spiro atoms. The first-order valence-electron chi connectivity index (χ1n) is 7.18. The Morgan fingerprint density at radius 1 is 1.15 bits per heavy atom. The quantitative estimate of drug-likeness (QED) is 0.683. The smallest absolute Gasteiger partial charge is 0.0945 e. The third-order valence-electron chi connectivity index (χ3n) is 2.98. The van der Waals surface area contributed by atoms with Crippen molar-refractivity contribution >= 4 is 5.69 Å². The molecule has 0 fully saturated rings. The summed E-state index contributed by atoms with van der Waals surface area (Å²) in [5.74, 6) is 0. The normalized spacial score (nSPS) is 12.7. The van der Waals surface area contributed by atoms with Crippen LogP contribution in [0.2, 0.25) is 0 Å². The number of hydrogen-bond donors (Lipinski definition) is 2. The SMILES string of the molecule is Cc1cccc(C)c1NCC(O)COCCOC(C)C. The summed E-state index contributed by atoms with van der Waals surface area (Å²) in [5, 5.41) is 13.2. The molecular weight excluding hydrogens is 254 g/mol. The van der Waals surface area contributed by atoms with E-state index in [4.69, 9.17) is 9.47 Å². The molecule has 2 N–H and O–H groups in total. The molecule has 4 nitrogen and oxygen atoms in total. The molecule has 1 atom stereocenters. The Morgan fingerprint density at radius 2 is 1.80 bits per heavy atom. The first-order chi connectivity index (χ1) is 9.50. The molecule has 0 radical (unpaired) electrons. The van der Waals surface area contributed by atoms with Crippen molar-refractivity contribution in [1.82, 2.24) is 0 Å². The van der Waals surface area contributed by atoms with Crippen LogP contribution in [0.25, 0.3) is 0 Å². The van der Waals surface area contributed by atoms with Crippen molar-refractivity contribution < 1.29 is 14.6 Å². The molecule has 1 rings (SSSR count). The maximum atomic E-state index is 9.87. The minimum atomic E-state index is -0.520. The average Bonchev–Trinajstić information content (AvgIpc) is 2.37. The van der Waals surface area contributed by atoms with Crippen LogP contribution in [0.5, 0.6) is 0 Å². The number of nitrogens with one attached hydrogen (secondary N) is 1. The predicted molar refractivity (Wildman–Crippen MR) is 82.3 cm³/mol. The van der Waals surface area contributed by atoms with Crippen molar-refractivity contribution in [3.8, 4) is 0 Å². The lowest BCUT2D eigenvalue weighted by Gasteiger charge is -2.16. The summed E-state index contributed by atoms with van der Waals surface area (Å²) in [7, 11) is 0. The molecule has 0 aromatic heterocycles. The molecule has 0 saturated carbocycles. The lowest BCUT2D eigenvalue weighted by atomic mass is 10.1. The van der Waals surface area contributed by atoms with Gasteiger partial charge in [0, 0.05) is 12.2 Å². The Morgan fingerprint density at radius 3 is 2.40 bits per heavy atom. The van der Waals surface area contributed by atoms with Crippen LogP contribution < -0.4 is 5.32 Å². The molecule has 0 saturated heterocycles. The highest BCUT2D eigenvalue weighted by molar-refractivity contribution is 5.56. The fraction of sp³-hybridized carbons (Fsp3) is 0.625. The van der Waals surface area contributed by atoms with Gasteiger partial charge in [-0.1, -0.05) is 18.2 Å². The van der Waals surface area contributed by atoms with Crippen LogP contribution in [0.4, 0.5) is 5.69 Å². The summed E-state index contributed by atoms with van der Waals surface area (Å²) in [5.41, 5.74) is 3.46. The van der Waals surface area contributed by atoms with Gasteiger partial charge in [-0.2, -0.15) is 0 Å². The van der Waals surface area contributed by atoms with Gasteiger partial charge in [-0.05, 0) is 38.8 Å². The van der Waals surface area contributed by atoms with Crippen molar-refractivity contribution in [1.29, 1.82) is 0 Å². The monoisotopic (exact) mass is 281 g/mol. The van der Waals surface area contributed by atoms with Crippen molar-refractivity contribution in [3.63, 3.8) is 0 Å². The fourth-order valence-corrected chi connectivity index (χ4v) is 1.93. The molecular formula is C16H27NO3. The number of anilines is 1. The predicted octanol–water partition coefficient (Wildman–Crippen LogP) is 2.52. The summed E-state index contributed by atoms with van der Waals surface area (Å²) in [6.45, 7) is 9.97. The van der Waals surface area contributed by atoms with Gasteiger partial charge in [0.2, 0.25) is 0 Å². The van der Waals surface area contributed by atoms with Crippen LogP contribution >= 0.6 is 0 Å². The zero-order chi connectivity index (χ0) is 15.0. The number of hydrogen-bond acceptors (Lipinski definition) is 4. The molecule has 0 aliphatic rings. The van der Waals surface area contributed by atoms with Crippen molar-refractivity contribution in [2.45, 2.75) is 39.9 Å². The minimum Gasteiger partial charge on any atom is -0.389 e. The van der Waals surface area contributed by atoms with E-state index >= 15 is 0 Å². The Bertz CT molecular complexity index is 373. The van der Waals surface area contributed by atoms with Gasteiger partial charge in [0.05, 0.1) is 32.0 Å². The van der Waals surface area contributed by atoms with E-state index in [1.165, 1.54) is 11.1 Å². The maximum absolute atomic E-state index is 9.87. The Balaban J connectivity index is 2.21. The van der Waals surface area contributed by atoms with Gasteiger partial charge < -0.3 is 19.9 Å². The number of rotatable bonds is 9. The van der Waals surface area contributed by atoms with Gasteiger partial charge in [-0.3, -0.25) is 0 Å². The Kier molecular flexibility index (Phi) is 7.59. The maximum Gasteiger partial charge on any atom is 0.0945 e. The molecule has 1 aromatic rings. The van der Waals surface area contributed by atoms with Crippen LogP contribution in [-0.4, -0.2) is 43.7 Å². The van der Waals surface area contributed by atoms with Crippen LogP contribution in [0, 0.1) is 13.8 Å². The highest BCUT2D eigenvalue weighted by atomic mass is 16.5. The van der Waals surface area contributed by atoms with E-state index in [1.54, 1.807) is 0 Å². The number of para-hydroxylation sites is 1. The van der Waals surface area contributed by atoms with E-state index in [0.717, 1.165) is 5.69 Å². The second kappa shape index (κ2) is 8.95. The number of aryl methyl sites for hydroxylation is 2. The molecule has 4 heteroatoms. The second-order valence-corrected chi connectivity index (χ2v) is 5.30. The van der Waals surface area contributed by atoms with Crippen LogP contribution in [0.15, 0.2) is 18.2 Å². The summed E-state index contributed by atoms with van der Waals surface area (Å²) in [6, 6.07) is 6.15. The van der Waals surface area contributed by atoms with Crippen LogP contribution in [-0.2, 0) is 9.47 Å². The highest BCUT2D eigenvalue weighted by Gasteiger charge is 2.07. The molecule has 0 bridgehead atoms. The lowest BCUT2D eigenvalue weighted by molar-refractivity contribution is -0.00734. The van der Waals surface area contributed by atoms with E-state index in [2.05, 4.69) is 31.3 Å². The fourth-order valence-electron chi connectivity index (χ4n) is 1.93. The van der Waals surface area contributed by atoms with Gasteiger partial charge in [0.25, 0.3) is 0 Å². The molecule has 1 aromatic carbocycles. The van der Waals surface area contributed by atoms with E-state index in [1.807, 2.05) is 19.9 Å². The number of aliphatic hydroxyl groups is 1. The average molecular weight is 281 g/mol. The number of benzene rings is 1. The first kappa shape index (κ1) is 17.0. The number of aliphatic hydroxyl groups excluding tert-OH is 1. The van der Waals surface area contributed by atoms with Gasteiger partial charge in [0.15, 0.2) is 0 Å². The third kappa shape index (κ3) is 6.37. The topological polar surface area (TPSA) is 50.7 Å². The standard InChI is InChI=1S/C16H27NO3/c1-12(2)20-9-8-19-11-15(18)10-17-16-13(3)6-5-7-14(16)4/h5-7,12,15,17-18H,8-11H2,1-4H3. The Hall–Kier alpha value is -1.10. The zero-order valence-corrected chi connectivity index (χ0v) is 13.0. The van der Waals surface area contributed by atoms with E-state index in [-0.39, 0.29) is 6.10 Å². The molecule has 20 heavy (non-hydrogen) atoms. The summed E-state index contributed by atoms with van der Waals surface area (Å²) < 4.78 is 10.7. The van der Waals surface area contributed by atoms with Crippen LogP contribution in [0.3, 0.4) is 0 Å². The molecule has 0 aliphatic heterocycles. The minimum absolute atomic E-state index is 0.217. The van der Waals surface area contributed by atoms with Crippen LogP contribution in [0.1, 0.15) is 25.0 Å². The number of ether oxygens (including phenoxy) is 2. The van der Waals surface area contributed by atoms with Gasteiger partial charge in [0.1, 0.15) is 0 Å². The van der Waals surface area contributed by atoms with E-state index < -0.39 is 6.10 Å². The summed E-state index contributed by atoms with van der Waals surface area (Å²) in [4.78, 5) is 0. The van der Waals surface area contributed by atoms with Crippen molar-refractivity contribution in [2.24, 2.45) is 0 Å². The molecule has 0 amide bonds.